The smallest absolute Gasteiger partial charge is 0.161 e. The van der Waals surface area contributed by atoms with Gasteiger partial charge in [0.2, 0.25) is 0 Å². The van der Waals surface area contributed by atoms with Crippen LogP contribution < -0.4 is 9.47 Å². The van der Waals surface area contributed by atoms with Crippen LogP contribution in [0, 0.1) is 0 Å². The van der Waals surface area contributed by atoms with Crippen molar-refractivity contribution in [2.45, 2.75) is 13.0 Å². The molecule has 5 heteroatoms. The highest BCUT2D eigenvalue weighted by Gasteiger charge is 2.10. The Morgan fingerprint density at radius 2 is 1.48 bits per heavy atom. The van der Waals surface area contributed by atoms with Gasteiger partial charge in [-0.2, -0.15) is 0 Å². The zero-order valence-corrected chi connectivity index (χ0v) is 15.2. The van der Waals surface area contributed by atoms with Crippen LogP contribution in [0.1, 0.15) is 12.0 Å². The van der Waals surface area contributed by atoms with Gasteiger partial charge in [-0.25, -0.2) is 0 Å². The zero-order valence-electron chi connectivity index (χ0n) is 14.4. The molecule has 1 fully saturated rings. The Hall–Kier alpha value is -1.75. The minimum Gasteiger partial charge on any atom is -0.490 e. The molecule has 0 spiro atoms. The number of ether oxygens (including phenoxy) is 3. The summed E-state index contributed by atoms with van der Waals surface area (Å²) in [6.07, 6.45) is 1.01. The zero-order chi connectivity index (χ0) is 16.5. The van der Waals surface area contributed by atoms with E-state index in [0.29, 0.717) is 13.2 Å². The number of rotatable bonds is 8. The Labute approximate surface area is 156 Å². The number of nitrogens with zero attached hydrogens (tertiary/aromatic N) is 1. The maximum absolute atomic E-state index is 5.93. The van der Waals surface area contributed by atoms with Crippen molar-refractivity contribution in [3.8, 4) is 11.5 Å². The predicted molar refractivity (Wildman–Crippen MR) is 102 cm³/mol. The van der Waals surface area contributed by atoms with Gasteiger partial charge in [0.25, 0.3) is 0 Å². The summed E-state index contributed by atoms with van der Waals surface area (Å²) in [5.74, 6) is 1.61. The number of para-hydroxylation sites is 2. The van der Waals surface area contributed by atoms with Gasteiger partial charge in [-0.15, -0.1) is 12.4 Å². The Bertz CT molecular complexity index is 603. The second-order valence-electron chi connectivity index (χ2n) is 5.88. The van der Waals surface area contributed by atoms with Gasteiger partial charge in [0.05, 0.1) is 19.8 Å². The van der Waals surface area contributed by atoms with E-state index in [9.17, 15) is 0 Å². The molecule has 0 atom stereocenters. The quantitative estimate of drug-likeness (QED) is 0.668. The van der Waals surface area contributed by atoms with Crippen LogP contribution in [0.4, 0.5) is 0 Å². The molecule has 0 aliphatic carbocycles. The number of hydrogen-bond acceptors (Lipinski definition) is 4. The van der Waals surface area contributed by atoms with Crippen molar-refractivity contribution < 1.29 is 14.2 Å². The van der Waals surface area contributed by atoms with Crippen molar-refractivity contribution >= 4 is 12.4 Å². The fraction of sp³-hybridized carbons (Fsp3) is 0.400. The summed E-state index contributed by atoms with van der Waals surface area (Å²) in [7, 11) is 0. The minimum atomic E-state index is 0. The molecule has 0 N–H and O–H groups in total. The maximum Gasteiger partial charge on any atom is 0.161 e. The van der Waals surface area contributed by atoms with Crippen LogP contribution in [0.3, 0.4) is 0 Å². The van der Waals surface area contributed by atoms with E-state index >= 15 is 0 Å². The monoisotopic (exact) mass is 363 g/mol. The molecular formula is C20H26ClNO3. The molecule has 2 aromatic rings. The largest absolute Gasteiger partial charge is 0.490 e. The van der Waals surface area contributed by atoms with Crippen LogP contribution >= 0.6 is 12.4 Å². The van der Waals surface area contributed by atoms with E-state index in [-0.39, 0.29) is 12.4 Å². The average molecular weight is 364 g/mol. The van der Waals surface area contributed by atoms with E-state index < -0.39 is 0 Å². The van der Waals surface area contributed by atoms with Crippen LogP contribution in [0.25, 0.3) is 0 Å². The third kappa shape index (κ3) is 6.58. The molecule has 3 rings (SSSR count). The molecule has 1 aliphatic heterocycles. The van der Waals surface area contributed by atoms with Gasteiger partial charge in [0.1, 0.15) is 6.61 Å². The SMILES string of the molecule is Cl.c1ccc(COc2ccccc2OCCCN2CCOCC2)cc1. The van der Waals surface area contributed by atoms with Crippen LogP contribution in [-0.2, 0) is 11.3 Å². The minimum absolute atomic E-state index is 0. The van der Waals surface area contributed by atoms with Crippen LogP contribution in [0.5, 0.6) is 11.5 Å². The summed E-state index contributed by atoms with van der Waals surface area (Å²) in [4.78, 5) is 2.42. The second kappa shape index (κ2) is 11.0. The van der Waals surface area contributed by atoms with Gasteiger partial charge in [-0.1, -0.05) is 42.5 Å². The van der Waals surface area contributed by atoms with Gasteiger partial charge in [0.15, 0.2) is 11.5 Å². The Morgan fingerprint density at radius 1 is 0.840 bits per heavy atom. The van der Waals surface area contributed by atoms with Crippen LogP contribution in [0.2, 0.25) is 0 Å². The first-order valence-electron chi connectivity index (χ1n) is 8.60. The Kier molecular flexibility index (Phi) is 8.60. The van der Waals surface area contributed by atoms with Crippen molar-refractivity contribution in [2.75, 3.05) is 39.5 Å². The molecule has 1 saturated heterocycles. The molecule has 25 heavy (non-hydrogen) atoms. The number of halogens is 1. The molecule has 1 heterocycles. The van der Waals surface area contributed by atoms with Gasteiger partial charge in [-0.3, -0.25) is 4.90 Å². The fourth-order valence-corrected chi connectivity index (χ4v) is 2.72. The molecule has 0 amide bonds. The summed E-state index contributed by atoms with van der Waals surface area (Å²) in [6.45, 7) is 6.04. The highest BCUT2D eigenvalue weighted by atomic mass is 35.5. The van der Waals surface area contributed by atoms with Crippen molar-refractivity contribution in [2.24, 2.45) is 0 Å². The number of morpholine rings is 1. The summed E-state index contributed by atoms with van der Waals surface area (Å²) in [5.41, 5.74) is 1.15. The number of hydrogen-bond donors (Lipinski definition) is 0. The first-order chi connectivity index (χ1) is 11.9. The Balaban J connectivity index is 0.00000225. The Morgan fingerprint density at radius 3 is 2.20 bits per heavy atom. The standard InChI is InChI=1S/C20H25NO3.ClH/c1-2-7-18(8-3-1)17-24-20-10-5-4-9-19(20)23-14-6-11-21-12-15-22-16-13-21;/h1-5,7-10H,6,11-17H2;1H. The normalized spacial score (nSPS) is 14.6. The molecule has 0 bridgehead atoms. The van der Waals surface area contributed by atoms with Gasteiger partial charge in [-0.05, 0) is 24.1 Å². The van der Waals surface area contributed by atoms with E-state index in [4.69, 9.17) is 14.2 Å². The molecule has 136 valence electrons. The van der Waals surface area contributed by atoms with Crippen molar-refractivity contribution in [3.05, 3.63) is 60.2 Å². The van der Waals surface area contributed by atoms with Crippen molar-refractivity contribution in [1.29, 1.82) is 0 Å². The van der Waals surface area contributed by atoms with Crippen molar-refractivity contribution in [3.63, 3.8) is 0 Å². The predicted octanol–water partition coefficient (Wildman–Crippen LogP) is 3.79. The maximum atomic E-state index is 5.93. The first-order valence-corrected chi connectivity index (χ1v) is 8.60. The molecule has 0 unspecified atom stereocenters. The third-order valence-corrected chi connectivity index (χ3v) is 4.07. The van der Waals surface area contributed by atoms with E-state index in [1.807, 2.05) is 42.5 Å². The van der Waals surface area contributed by atoms with Gasteiger partial charge < -0.3 is 14.2 Å². The van der Waals surface area contributed by atoms with Crippen LogP contribution in [-0.4, -0.2) is 44.4 Å². The topological polar surface area (TPSA) is 30.9 Å². The van der Waals surface area contributed by atoms with Crippen molar-refractivity contribution in [1.82, 2.24) is 4.90 Å². The molecule has 0 radical (unpaired) electrons. The molecule has 2 aromatic carbocycles. The molecule has 4 nitrogen and oxygen atoms in total. The molecular weight excluding hydrogens is 338 g/mol. The average Bonchev–Trinajstić information content (AvgIpc) is 2.66. The summed E-state index contributed by atoms with van der Waals surface area (Å²) >= 11 is 0. The van der Waals surface area contributed by atoms with E-state index in [0.717, 1.165) is 56.3 Å². The van der Waals surface area contributed by atoms with Gasteiger partial charge in [0, 0.05) is 19.6 Å². The van der Waals surface area contributed by atoms with E-state index in [1.54, 1.807) is 0 Å². The fourth-order valence-electron chi connectivity index (χ4n) is 2.72. The highest BCUT2D eigenvalue weighted by molar-refractivity contribution is 5.85. The molecule has 0 saturated carbocycles. The molecule has 0 aromatic heterocycles. The second-order valence-corrected chi connectivity index (χ2v) is 5.88. The molecule has 1 aliphatic rings. The summed E-state index contributed by atoms with van der Waals surface area (Å²) in [5, 5.41) is 0. The lowest BCUT2D eigenvalue weighted by Crippen LogP contribution is -2.37. The summed E-state index contributed by atoms with van der Waals surface area (Å²) in [6, 6.07) is 18.1. The third-order valence-electron chi connectivity index (χ3n) is 4.07. The summed E-state index contributed by atoms with van der Waals surface area (Å²) < 4.78 is 17.2. The highest BCUT2D eigenvalue weighted by Crippen LogP contribution is 2.27. The van der Waals surface area contributed by atoms with Crippen LogP contribution in [0.15, 0.2) is 54.6 Å². The lowest BCUT2D eigenvalue weighted by Gasteiger charge is -2.26. The first kappa shape index (κ1) is 19.6. The van der Waals surface area contributed by atoms with E-state index in [2.05, 4.69) is 17.0 Å². The lowest BCUT2D eigenvalue weighted by atomic mass is 10.2. The van der Waals surface area contributed by atoms with E-state index in [1.165, 1.54) is 0 Å². The van der Waals surface area contributed by atoms with Gasteiger partial charge >= 0.3 is 0 Å². The lowest BCUT2D eigenvalue weighted by molar-refractivity contribution is 0.0357. The number of benzene rings is 2.